The molecule has 1 aliphatic heterocycles. The van der Waals surface area contributed by atoms with Gasteiger partial charge in [-0.05, 0) is 42.7 Å². The summed E-state index contributed by atoms with van der Waals surface area (Å²) >= 11 is 0. The number of rotatable bonds is 9. The van der Waals surface area contributed by atoms with Gasteiger partial charge in [-0.15, -0.1) is 0 Å². The number of benzene rings is 2. The topological polar surface area (TPSA) is 77.7 Å². The van der Waals surface area contributed by atoms with Crippen molar-refractivity contribution in [3.8, 4) is 11.5 Å². The lowest BCUT2D eigenvalue weighted by Crippen LogP contribution is -2.48. The number of aromatic nitrogens is 2. The van der Waals surface area contributed by atoms with Gasteiger partial charge in [0.2, 0.25) is 5.91 Å². The van der Waals surface area contributed by atoms with E-state index in [2.05, 4.69) is 22.3 Å². The van der Waals surface area contributed by atoms with Crippen molar-refractivity contribution in [3.63, 3.8) is 0 Å². The molecule has 0 N–H and O–H groups in total. The minimum atomic E-state index is 0.126. The smallest absolute Gasteiger partial charge is 0.264 e. The van der Waals surface area contributed by atoms with E-state index >= 15 is 0 Å². The van der Waals surface area contributed by atoms with Crippen molar-refractivity contribution in [2.75, 3.05) is 20.2 Å². The molecule has 2 heterocycles. The average Bonchev–Trinajstić information content (AvgIpc) is 3.21. The summed E-state index contributed by atoms with van der Waals surface area (Å²) in [5.41, 5.74) is 1.27. The highest BCUT2D eigenvalue weighted by atomic mass is 16.5. The van der Waals surface area contributed by atoms with Crippen LogP contribution in [0.1, 0.15) is 36.0 Å². The van der Waals surface area contributed by atoms with Crippen LogP contribution in [0.15, 0.2) is 59.1 Å². The summed E-state index contributed by atoms with van der Waals surface area (Å²) in [4.78, 5) is 18.6. The molecule has 4 rings (SSSR count). The zero-order chi connectivity index (χ0) is 20.8. The van der Waals surface area contributed by atoms with Gasteiger partial charge in [-0.2, -0.15) is 4.98 Å². The maximum absolute atomic E-state index is 12.3. The Hall–Kier alpha value is -3.35. The summed E-state index contributed by atoms with van der Waals surface area (Å²) < 4.78 is 16.1. The molecule has 3 aromatic rings. The van der Waals surface area contributed by atoms with E-state index < -0.39 is 0 Å². The standard InChI is InChI=1S/C23H25N3O4/c1-28-19-10-12-20(13-11-19)29-16-21-24-23(25-30-21)18-14-26(15-18)22(27)9-5-8-17-6-3-2-4-7-17/h2-4,6-7,10-13,18H,5,8-9,14-16H2,1H3. The Kier molecular flexibility index (Phi) is 6.27. The zero-order valence-electron chi connectivity index (χ0n) is 17.0. The largest absolute Gasteiger partial charge is 0.497 e. The van der Waals surface area contributed by atoms with Gasteiger partial charge in [-0.3, -0.25) is 4.79 Å². The third-order valence-corrected chi connectivity index (χ3v) is 5.20. The number of methoxy groups -OCH3 is 1. The van der Waals surface area contributed by atoms with Gasteiger partial charge >= 0.3 is 0 Å². The molecule has 1 fully saturated rings. The van der Waals surface area contributed by atoms with Crippen LogP contribution < -0.4 is 9.47 Å². The van der Waals surface area contributed by atoms with E-state index in [0.29, 0.717) is 37.0 Å². The minimum absolute atomic E-state index is 0.126. The molecule has 0 saturated carbocycles. The molecule has 1 saturated heterocycles. The molecule has 156 valence electrons. The van der Waals surface area contributed by atoms with Crippen molar-refractivity contribution in [2.45, 2.75) is 31.8 Å². The van der Waals surface area contributed by atoms with Crippen LogP contribution in [0.4, 0.5) is 0 Å². The maximum Gasteiger partial charge on any atom is 0.264 e. The molecule has 7 heteroatoms. The first-order valence-corrected chi connectivity index (χ1v) is 10.1. The Balaban J connectivity index is 1.18. The molecule has 0 unspecified atom stereocenters. The molecule has 0 radical (unpaired) electrons. The normalized spacial score (nSPS) is 13.7. The van der Waals surface area contributed by atoms with Gasteiger partial charge in [-0.1, -0.05) is 35.5 Å². The van der Waals surface area contributed by atoms with Crippen LogP contribution in [0.5, 0.6) is 11.5 Å². The number of hydrogen-bond acceptors (Lipinski definition) is 6. The molecule has 0 bridgehead atoms. The van der Waals surface area contributed by atoms with Gasteiger partial charge in [0.25, 0.3) is 5.89 Å². The Morgan fingerprint density at radius 2 is 1.83 bits per heavy atom. The quantitative estimate of drug-likeness (QED) is 0.539. The van der Waals surface area contributed by atoms with E-state index in [1.54, 1.807) is 7.11 Å². The van der Waals surface area contributed by atoms with E-state index in [4.69, 9.17) is 14.0 Å². The van der Waals surface area contributed by atoms with Crippen LogP contribution in [0.3, 0.4) is 0 Å². The minimum Gasteiger partial charge on any atom is -0.497 e. The molecule has 1 amide bonds. The summed E-state index contributed by atoms with van der Waals surface area (Å²) in [5.74, 6) is 2.85. The highest BCUT2D eigenvalue weighted by molar-refractivity contribution is 5.77. The molecule has 0 atom stereocenters. The van der Waals surface area contributed by atoms with Crippen molar-refractivity contribution < 1.29 is 18.8 Å². The van der Waals surface area contributed by atoms with Crippen LogP contribution >= 0.6 is 0 Å². The summed E-state index contributed by atoms with van der Waals surface area (Å²) in [5, 5.41) is 4.05. The molecule has 30 heavy (non-hydrogen) atoms. The predicted octanol–water partition coefficient (Wildman–Crippen LogP) is 3.61. The lowest BCUT2D eigenvalue weighted by Gasteiger charge is -2.37. The van der Waals surface area contributed by atoms with Crippen LogP contribution in [-0.2, 0) is 17.8 Å². The number of likely N-dealkylation sites (tertiary alicyclic amines) is 1. The Morgan fingerprint density at radius 1 is 1.10 bits per heavy atom. The van der Waals surface area contributed by atoms with Crippen LogP contribution in [-0.4, -0.2) is 41.1 Å². The molecule has 2 aromatic carbocycles. The summed E-state index contributed by atoms with van der Waals surface area (Å²) in [6.45, 7) is 1.49. The zero-order valence-corrected chi connectivity index (χ0v) is 17.0. The molecular weight excluding hydrogens is 382 g/mol. The van der Waals surface area contributed by atoms with Crippen LogP contribution in [0.25, 0.3) is 0 Å². The summed E-state index contributed by atoms with van der Waals surface area (Å²) in [7, 11) is 1.62. The molecular formula is C23H25N3O4. The van der Waals surface area contributed by atoms with Crippen molar-refractivity contribution in [1.29, 1.82) is 0 Å². The van der Waals surface area contributed by atoms with Crippen LogP contribution in [0.2, 0.25) is 0 Å². The van der Waals surface area contributed by atoms with Crippen LogP contribution in [0, 0.1) is 0 Å². The highest BCUT2D eigenvalue weighted by Crippen LogP contribution is 2.26. The fraction of sp³-hybridized carbons (Fsp3) is 0.348. The van der Waals surface area contributed by atoms with E-state index in [0.717, 1.165) is 18.6 Å². The SMILES string of the molecule is COc1ccc(OCc2nc(C3CN(C(=O)CCCc4ccccc4)C3)no2)cc1. The predicted molar refractivity (Wildman–Crippen MR) is 110 cm³/mol. The Bertz CT molecular complexity index is 950. The van der Waals surface area contributed by atoms with Crippen molar-refractivity contribution >= 4 is 5.91 Å². The third-order valence-electron chi connectivity index (χ3n) is 5.20. The second-order valence-electron chi connectivity index (χ2n) is 7.35. The van der Waals surface area contributed by atoms with Gasteiger partial charge in [0.1, 0.15) is 11.5 Å². The van der Waals surface area contributed by atoms with E-state index in [1.807, 2.05) is 47.4 Å². The van der Waals surface area contributed by atoms with Crippen molar-refractivity contribution in [2.24, 2.45) is 0 Å². The summed E-state index contributed by atoms with van der Waals surface area (Å²) in [6.07, 6.45) is 2.35. The van der Waals surface area contributed by atoms with Gasteiger partial charge in [-0.25, -0.2) is 0 Å². The fourth-order valence-corrected chi connectivity index (χ4v) is 3.40. The van der Waals surface area contributed by atoms with Gasteiger partial charge in [0.15, 0.2) is 12.4 Å². The van der Waals surface area contributed by atoms with E-state index in [9.17, 15) is 4.79 Å². The van der Waals surface area contributed by atoms with Gasteiger partial charge < -0.3 is 18.9 Å². The number of hydrogen-bond donors (Lipinski definition) is 0. The summed E-state index contributed by atoms with van der Waals surface area (Å²) in [6, 6.07) is 17.5. The van der Waals surface area contributed by atoms with Crippen molar-refractivity contribution in [3.05, 3.63) is 71.9 Å². The lowest BCUT2D eigenvalue weighted by molar-refractivity contribution is -0.135. The van der Waals surface area contributed by atoms with E-state index in [1.165, 1.54) is 5.56 Å². The number of amides is 1. The maximum atomic E-state index is 12.3. The highest BCUT2D eigenvalue weighted by Gasteiger charge is 2.34. The van der Waals surface area contributed by atoms with Crippen molar-refractivity contribution in [1.82, 2.24) is 15.0 Å². The number of aryl methyl sites for hydroxylation is 1. The Labute approximate surface area is 175 Å². The first kappa shape index (κ1) is 19.9. The molecule has 0 aliphatic carbocycles. The Morgan fingerprint density at radius 3 is 2.57 bits per heavy atom. The monoisotopic (exact) mass is 407 g/mol. The van der Waals surface area contributed by atoms with Gasteiger partial charge in [0, 0.05) is 19.5 Å². The molecule has 7 nitrogen and oxygen atoms in total. The number of ether oxygens (including phenoxy) is 2. The lowest BCUT2D eigenvalue weighted by atomic mass is 9.98. The second kappa shape index (κ2) is 9.43. The number of carbonyl (C=O) groups excluding carboxylic acids is 1. The number of carbonyl (C=O) groups is 1. The van der Waals surface area contributed by atoms with Gasteiger partial charge in [0.05, 0.1) is 13.0 Å². The fourth-order valence-electron chi connectivity index (χ4n) is 3.40. The first-order chi connectivity index (χ1) is 14.7. The molecule has 0 spiro atoms. The first-order valence-electron chi connectivity index (χ1n) is 10.1. The van der Waals surface area contributed by atoms with E-state index in [-0.39, 0.29) is 18.4 Å². The number of nitrogens with zero attached hydrogens (tertiary/aromatic N) is 3. The molecule has 1 aliphatic rings. The third kappa shape index (κ3) is 4.97. The molecule has 1 aromatic heterocycles. The second-order valence-corrected chi connectivity index (χ2v) is 7.35. The average molecular weight is 407 g/mol.